The Labute approximate surface area is 156 Å². The van der Waals surface area contributed by atoms with Gasteiger partial charge in [0.05, 0.1) is 17.6 Å². The fraction of sp³-hybridized carbons (Fsp3) is 0.316. The molecule has 4 rings (SSSR count). The third-order valence-electron chi connectivity index (χ3n) is 5.01. The van der Waals surface area contributed by atoms with Gasteiger partial charge in [0, 0.05) is 30.1 Å². The van der Waals surface area contributed by atoms with E-state index in [1.807, 2.05) is 19.9 Å². The maximum Gasteiger partial charge on any atom is 0.231 e. The molecule has 2 aromatic rings. The van der Waals surface area contributed by atoms with Crippen molar-refractivity contribution in [1.29, 1.82) is 5.26 Å². The quantitative estimate of drug-likeness (QED) is 0.839. The third kappa shape index (κ3) is 2.68. The molecule has 0 bridgehead atoms. The Balaban J connectivity index is 2.00. The zero-order chi connectivity index (χ0) is 19.2. The molecule has 2 aliphatic rings. The maximum absolute atomic E-state index is 13.2. The number of pyridine rings is 1. The van der Waals surface area contributed by atoms with Crippen molar-refractivity contribution in [3.63, 3.8) is 0 Å². The Morgan fingerprint density at radius 2 is 2.22 bits per heavy atom. The molecule has 1 aliphatic heterocycles. The standard InChI is InChI=1S/C19H19N7O/c1-19(2)6-13-16(14(27)7-19)15(11-4-3-5-22-9-11)12(8-20)17(21)26(13)18-23-10-24-25-18/h3-5,9-10,15H,6-7,21H2,1-2H3,(H,23,24,25)/t15-/m0/s1. The van der Waals surface area contributed by atoms with E-state index in [-0.39, 0.29) is 17.0 Å². The van der Waals surface area contributed by atoms with E-state index in [9.17, 15) is 10.1 Å². The molecule has 0 radical (unpaired) electrons. The molecule has 0 amide bonds. The number of aromatic nitrogens is 4. The van der Waals surface area contributed by atoms with Gasteiger partial charge in [0.15, 0.2) is 5.78 Å². The molecule has 8 nitrogen and oxygen atoms in total. The number of anilines is 1. The van der Waals surface area contributed by atoms with E-state index in [0.717, 1.165) is 11.3 Å². The predicted octanol–water partition coefficient (Wildman–Crippen LogP) is 2.14. The molecule has 0 aromatic carbocycles. The van der Waals surface area contributed by atoms with Crippen LogP contribution in [0.1, 0.15) is 38.2 Å². The molecule has 136 valence electrons. The van der Waals surface area contributed by atoms with E-state index in [2.05, 4.69) is 26.2 Å². The van der Waals surface area contributed by atoms with Gasteiger partial charge in [-0.2, -0.15) is 15.3 Å². The number of nitrogens with one attached hydrogen (secondary N) is 1. The molecule has 1 atom stereocenters. The lowest BCUT2D eigenvalue weighted by atomic mass is 9.69. The minimum atomic E-state index is -0.526. The number of nitrogens with zero attached hydrogens (tertiary/aromatic N) is 5. The largest absolute Gasteiger partial charge is 0.384 e. The second kappa shape index (κ2) is 6.06. The van der Waals surface area contributed by atoms with E-state index in [1.54, 1.807) is 23.4 Å². The monoisotopic (exact) mass is 361 g/mol. The van der Waals surface area contributed by atoms with Crippen LogP contribution in [0, 0.1) is 16.7 Å². The molecule has 0 saturated carbocycles. The number of carbonyl (C=O) groups is 1. The van der Waals surface area contributed by atoms with Crippen molar-refractivity contribution in [2.45, 2.75) is 32.6 Å². The first kappa shape index (κ1) is 17.0. The maximum atomic E-state index is 13.2. The van der Waals surface area contributed by atoms with Crippen molar-refractivity contribution in [3.05, 3.63) is 59.1 Å². The Morgan fingerprint density at radius 3 is 2.85 bits per heavy atom. The van der Waals surface area contributed by atoms with Gasteiger partial charge in [0.1, 0.15) is 12.1 Å². The highest BCUT2D eigenvalue weighted by Gasteiger charge is 2.45. The van der Waals surface area contributed by atoms with Crippen molar-refractivity contribution in [2.24, 2.45) is 11.1 Å². The van der Waals surface area contributed by atoms with Crippen molar-refractivity contribution in [3.8, 4) is 6.07 Å². The summed E-state index contributed by atoms with van der Waals surface area (Å²) in [5, 5.41) is 16.6. The molecule has 1 aliphatic carbocycles. The first-order valence-electron chi connectivity index (χ1n) is 8.64. The van der Waals surface area contributed by atoms with Crippen LogP contribution >= 0.6 is 0 Å². The number of nitrogens with two attached hydrogens (primary N) is 1. The molecule has 8 heteroatoms. The highest BCUT2D eigenvalue weighted by molar-refractivity contribution is 6.01. The van der Waals surface area contributed by atoms with Crippen LogP contribution < -0.4 is 10.6 Å². The number of allylic oxidation sites excluding steroid dienone is 3. The first-order chi connectivity index (χ1) is 12.9. The van der Waals surface area contributed by atoms with E-state index >= 15 is 0 Å². The number of ketones is 1. The molecule has 27 heavy (non-hydrogen) atoms. The molecule has 3 N–H and O–H groups in total. The number of nitriles is 1. The smallest absolute Gasteiger partial charge is 0.231 e. The molecule has 0 saturated heterocycles. The predicted molar refractivity (Wildman–Crippen MR) is 97.7 cm³/mol. The van der Waals surface area contributed by atoms with E-state index in [4.69, 9.17) is 5.73 Å². The lowest BCUT2D eigenvalue weighted by Gasteiger charge is -2.42. The Morgan fingerprint density at radius 1 is 1.41 bits per heavy atom. The van der Waals surface area contributed by atoms with Crippen molar-refractivity contribution in [1.82, 2.24) is 20.2 Å². The van der Waals surface area contributed by atoms with Gasteiger partial charge in [-0.3, -0.25) is 14.7 Å². The molecule has 0 unspecified atom stereocenters. The van der Waals surface area contributed by atoms with E-state index in [0.29, 0.717) is 29.9 Å². The normalized spacial score (nSPS) is 21.9. The molecule has 0 fully saturated rings. The summed E-state index contributed by atoms with van der Waals surface area (Å²) in [5.74, 6) is 0.136. The summed E-state index contributed by atoms with van der Waals surface area (Å²) in [5.41, 5.74) is 8.63. The Bertz CT molecular complexity index is 996. The number of hydrogen-bond acceptors (Lipinski definition) is 7. The van der Waals surface area contributed by atoms with Gasteiger partial charge in [-0.05, 0) is 23.5 Å². The minimum Gasteiger partial charge on any atom is -0.384 e. The summed E-state index contributed by atoms with van der Waals surface area (Å²) in [6.07, 6.45) is 5.75. The number of carbonyl (C=O) groups excluding carboxylic acids is 1. The van der Waals surface area contributed by atoms with Crippen LogP contribution in [0.5, 0.6) is 0 Å². The molecular formula is C19H19N7O. The number of Topliss-reactive ketones (excluding diaryl/α,β-unsaturated/α-hetero) is 1. The fourth-order valence-electron chi connectivity index (χ4n) is 3.94. The van der Waals surface area contributed by atoms with Crippen molar-refractivity contribution < 1.29 is 4.79 Å². The van der Waals surface area contributed by atoms with Crippen LogP contribution in [0.3, 0.4) is 0 Å². The topological polar surface area (TPSA) is 125 Å². The van der Waals surface area contributed by atoms with Gasteiger partial charge < -0.3 is 5.73 Å². The second-order valence-corrected chi connectivity index (χ2v) is 7.58. The summed E-state index contributed by atoms with van der Waals surface area (Å²) >= 11 is 0. The lowest BCUT2D eigenvalue weighted by molar-refractivity contribution is -0.118. The average molecular weight is 361 g/mol. The second-order valence-electron chi connectivity index (χ2n) is 7.58. The third-order valence-corrected chi connectivity index (χ3v) is 5.01. The SMILES string of the molecule is CC1(C)CC(=O)C2=C(C1)N(c1ncn[nH]1)C(N)=C(C#N)[C@@H]2c1cccnc1. The van der Waals surface area contributed by atoms with Gasteiger partial charge in [-0.1, -0.05) is 19.9 Å². The summed E-state index contributed by atoms with van der Waals surface area (Å²) in [4.78, 5) is 23.2. The van der Waals surface area contributed by atoms with Crippen molar-refractivity contribution >= 4 is 11.7 Å². The van der Waals surface area contributed by atoms with Gasteiger partial charge in [0.25, 0.3) is 0 Å². The van der Waals surface area contributed by atoms with E-state index < -0.39 is 5.92 Å². The summed E-state index contributed by atoms with van der Waals surface area (Å²) in [6, 6.07) is 5.86. The first-order valence-corrected chi connectivity index (χ1v) is 8.64. The highest BCUT2D eigenvalue weighted by Crippen LogP contribution is 2.49. The minimum absolute atomic E-state index is 0.0138. The summed E-state index contributed by atoms with van der Waals surface area (Å²) < 4.78 is 0. The van der Waals surface area contributed by atoms with Gasteiger partial charge in [-0.25, -0.2) is 5.10 Å². The fourth-order valence-corrected chi connectivity index (χ4v) is 3.94. The zero-order valence-corrected chi connectivity index (χ0v) is 15.1. The van der Waals surface area contributed by atoms with Crippen LogP contribution in [0.4, 0.5) is 5.95 Å². The van der Waals surface area contributed by atoms with Gasteiger partial charge >= 0.3 is 0 Å². The Hall–Kier alpha value is -3.47. The van der Waals surface area contributed by atoms with Crippen LogP contribution in [-0.2, 0) is 4.79 Å². The van der Waals surface area contributed by atoms with Crippen LogP contribution in [0.2, 0.25) is 0 Å². The Kier molecular flexibility index (Phi) is 3.81. The number of hydrogen-bond donors (Lipinski definition) is 2. The van der Waals surface area contributed by atoms with Crippen LogP contribution in [0.25, 0.3) is 0 Å². The number of rotatable bonds is 2. The highest BCUT2D eigenvalue weighted by atomic mass is 16.1. The average Bonchev–Trinajstić information content (AvgIpc) is 3.14. The zero-order valence-electron chi connectivity index (χ0n) is 15.1. The molecular weight excluding hydrogens is 342 g/mol. The van der Waals surface area contributed by atoms with Crippen molar-refractivity contribution in [2.75, 3.05) is 4.90 Å². The summed E-state index contributed by atoms with van der Waals surface area (Å²) in [7, 11) is 0. The van der Waals surface area contributed by atoms with Gasteiger partial charge in [0.2, 0.25) is 5.95 Å². The molecule has 2 aromatic heterocycles. The lowest BCUT2D eigenvalue weighted by Crippen LogP contribution is -2.42. The van der Waals surface area contributed by atoms with Gasteiger partial charge in [-0.15, -0.1) is 0 Å². The molecule has 3 heterocycles. The van der Waals surface area contributed by atoms with E-state index in [1.165, 1.54) is 6.33 Å². The summed E-state index contributed by atoms with van der Waals surface area (Å²) in [6.45, 7) is 4.10. The number of H-pyrrole nitrogens is 1. The number of aromatic amines is 1. The molecule has 0 spiro atoms. The van der Waals surface area contributed by atoms with Crippen LogP contribution in [0.15, 0.2) is 53.5 Å². The van der Waals surface area contributed by atoms with Crippen LogP contribution in [-0.4, -0.2) is 25.9 Å².